The fourth-order valence-corrected chi connectivity index (χ4v) is 2.34. The molecule has 2 saturated heterocycles. The Kier molecular flexibility index (Phi) is 6.39. The molecule has 3 atom stereocenters. The van der Waals surface area contributed by atoms with Crippen LogP contribution in [0.25, 0.3) is 0 Å². The van der Waals surface area contributed by atoms with Crippen LogP contribution in [0.2, 0.25) is 0 Å². The monoisotopic (exact) mass is 274 g/mol. The van der Waals surface area contributed by atoms with Gasteiger partial charge in [0.25, 0.3) is 0 Å². The zero-order chi connectivity index (χ0) is 14.5. The molecule has 0 aromatic heterocycles. The molecule has 112 valence electrons. The van der Waals surface area contributed by atoms with Crippen LogP contribution in [-0.4, -0.2) is 48.2 Å². The van der Waals surface area contributed by atoms with Crippen molar-refractivity contribution < 1.29 is 24.1 Å². The van der Waals surface area contributed by atoms with E-state index in [1.165, 1.54) is 0 Å². The van der Waals surface area contributed by atoms with Gasteiger partial charge in [0.15, 0.2) is 5.79 Å². The molecule has 0 aromatic carbocycles. The van der Waals surface area contributed by atoms with Gasteiger partial charge in [0.05, 0.1) is 12.7 Å². The van der Waals surface area contributed by atoms with Gasteiger partial charge in [0.1, 0.15) is 18.0 Å². The number of carbonyl (C=O) groups excluding carboxylic acids is 1. The van der Waals surface area contributed by atoms with Gasteiger partial charge in [-0.25, -0.2) is 0 Å². The Hall–Kier alpha value is -0.490. The van der Waals surface area contributed by atoms with Gasteiger partial charge in [-0.3, -0.25) is 0 Å². The zero-order valence-corrected chi connectivity index (χ0v) is 12.3. The minimum atomic E-state index is -0.531. The molecule has 0 bridgehead atoms. The maximum absolute atomic E-state index is 10.0. The Morgan fingerprint density at radius 2 is 2.05 bits per heavy atom. The van der Waals surface area contributed by atoms with Gasteiger partial charge < -0.3 is 24.1 Å². The van der Waals surface area contributed by atoms with Gasteiger partial charge in [0, 0.05) is 13.0 Å². The summed E-state index contributed by atoms with van der Waals surface area (Å²) in [5, 5.41) is 9.05. The molecule has 2 fully saturated rings. The Bertz CT molecular complexity index is 290. The lowest BCUT2D eigenvalue weighted by Crippen LogP contribution is -2.44. The predicted octanol–water partition coefficient (Wildman–Crippen LogP) is 1.66. The van der Waals surface area contributed by atoms with Crippen LogP contribution in [0.3, 0.4) is 0 Å². The maximum Gasteiger partial charge on any atom is 0.163 e. The fraction of sp³-hybridized carbons (Fsp3) is 0.929. The Labute approximate surface area is 115 Å². The third kappa shape index (κ3) is 5.18. The lowest BCUT2D eigenvalue weighted by Gasteiger charge is -2.29. The number of ether oxygens (including phenoxy) is 3. The van der Waals surface area contributed by atoms with Crippen molar-refractivity contribution in [3.63, 3.8) is 0 Å². The van der Waals surface area contributed by atoms with E-state index >= 15 is 0 Å². The van der Waals surface area contributed by atoms with Crippen LogP contribution in [0.15, 0.2) is 0 Å². The van der Waals surface area contributed by atoms with Crippen molar-refractivity contribution in [1.29, 1.82) is 0 Å². The topological polar surface area (TPSA) is 65.0 Å². The molecule has 19 heavy (non-hydrogen) atoms. The quantitative estimate of drug-likeness (QED) is 0.848. The van der Waals surface area contributed by atoms with Gasteiger partial charge in [-0.15, -0.1) is 0 Å². The summed E-state index contributed by atoms with van der Waals surface area (Å²) in [7, 11) is 0. The van der Waals surface area contributed by atoms with Crippen molar-refractivity contribution in [3.05, 3.63) is 0 Å². The minimum absolute atomic E-state index is 0.000602. The molecule has 2 aliphatic heterocycles. The second-order valence-corrected chi connectivity index (χ2v) is 5.47. The van der Waals surface area contributed by atoms with E-state index in [1.807, 2.05) is 20.8 Å². The van der Waals surface area contributed by atoms with Crippen molar-refractivity contribution in [2.24, 2.45) is 0 Å². The summed E-state index contributed by atoms with van der Waals surface area (Å²) in [4.78, 5) is 10.0. The van der Waals surface area contributed by atoms with Gasteiger partial charge >= 0.3 is 0 Å². The molecular formula is C14H26O5. The highest BCUT2D eigenvalue weighted by Gasteiger charge is 2.47. The number of hydrogen-bond donors (Lipinski definition) is 1. The number of hydrogen-bond acceptors (Lipinski definition) is 5. The number of Topliss-reactive ketones (excluding diaryl/α,β-unsaturated/α-hetero) is 1. The van der Waals surface area contributed by atoms with Gasteiger partial charge in [-0.1, -0.05) is 6.92 Å². The highest BCUT2D eigenvalue weighted by Crippen LogP contribution is 2.34. The molecule has 3 unspecified atom stereocenters. The molecular weight excluding hydrogens is 248 g/mol. The van der Waals surface area contributed by atoms with E-state index in [9.17, 15) is 4.79 Å². The first-order valence-electron chi connectivity index (χ1n) is 6.97. The summed E-state index contributed by atoms with van der Waals surface area (Å²) in [6.07, 6.45) is 2.33. The van der Waals surface area contributed by atoms with Crippen LogP contribution >= 0.6 is 0 Å². The maximum atomic E-state index is 10.0. The number of carbonyl (C=O) groups is 1. The van der Waals surface area contributed by atoms with Crippen LogP contribution in [-0.2, 0) is 19.0 Å². The van der Waals surface area contributed by atoms with Crippen molar-refractivity contribution in [3.8, 4) is 0 Å². The van der Waals surface area contributed by atoms with E-state index in [0.29, 0.717) is 6.61 Å². The molecule has 0 spiro atoms. The molecule has 0 amide bonds. The van der Waals surface area contributed by atoms with Crippen LogP contribution in [0.4, 0.5) is 0 Å². The Balaban J connectivity index is 0.000000258. The smallest absolute Gasteiger partial charge is 0.163 e. The van der Waals surface area contributed by atoms with E-state index < -0.39 is 5.79 Å². The average molecular weight is 274 g/mol. The van der Waals surface area contributed by atoms with E-state index in [0.717, 1.165) is 19.3 Å². The lowest BCUT2D eigenvalue weighted by atomic mass is 10.0. The highest BCUT2D eigenvalue weighted by molar-refractivity contribution is 5.75. The fourth-order valence-electron chi connectivity index (χ4n) is 2.34. The van der Waals surface area contributed by atoms with E-state index in [1.54, 1.807) is 6.92 Å². The van der Waals surface area contributed by atoms with Crippen molar-refractivity contribution in [2.45, 2.75) is 71.1 Å². The van der Waals surface area contributed by atoms with E-state index in [4.69, 9.17) is 19.3 Å². The molecule has 2 heterocycles. The second-order valence-electron chi connectivity index (χ2n) is 5.47. The first-order chi connectivity index (χ1) is 8.89. The van der Waals surface area contributed by atoms with Gasteiger partial charge in [-0.05, 0) is 33.6 Å². The number of ketones is 1. The molecule has 5 heteroatoms. The van der Waals surface area contributed by atoms with Crippen LogP contribution in [0.1, 0.15) is 47.0 Å². The molecule has 0 aromatic rings. The standard InChI is InChI=1S/C9H16O4.C5H10O/c1-9(2)12-6-3-4-11-7(5-10)8(6)13-9;1-3-4-5(2)6/h6-8,10H,3-5H2,1-2H3;3-4H2,1-2H3. The van der Waals surface area contributed by atoms with Gasteiger partial charge in [0.2, 0.25) is 0 Å². The van der Waals surface area contributed by atoms with Crippen molar-refractivity contribution in [1.82, 2.24) is 0 Å². The van der Waals surface area contributed by atoms with Crippen LogP contribution in [0, 0.1) is 0 Å². The summed E-state index contributed by atoms with van der Waals surface area (Å²) in [5.74, 6) is -0.242. The van der Waals surface area contributed by atoms with Crippen molar-refractivity contribution >= 4 is 5.78 Å². The Morgan fingerprint density at radius 3 is 2.53 bits per heavy atom. The third-order valence-corrected chi connectivity index (χ3v) is 3.10. The molecule has 0 aliphatic carbocycles. The summed E-state index contributed by atoms with van der Waals surface area (Å²) in [6.45, 7) is 8.04. The molecule has 2 aliphatic rings. The summed E-state index contributed by atoms with van der Waals surface area (Å²) in [6, 6.07) is 0. The second kappa shape index (κ2) is 7.33. The lowest BCUT2D eigenvalue weighted by molar-refractivity contribution is -0.157. The van der Waals surface area contributed by atoms with Gasteiger partial charge in [-0.2, -0.15) is 0 Å². The SMILES string of the molecule is CC1(C)OC2CCOC(CO)C2O1.CCCC(C)=O. The first kappa shape index (κ1) is 16.6. The van der Waals surface area contributed by atoms with Crippen LogP contribution in [0.5, 0.6) is 0 Å². The zero-order valence-electron chi connectivity index (χ0n) is 12.3. The van der Waals surface area contributed by atoms with Crippen LogP contribution < -0.4 is 0 Å². The highest BCUT2D eigenvalue weighted by atomic mass is 16.8. The average Bonchev–Trinajstić information content (AvgIpc) is 2.63. The summed E-state index contributed by atoms with van der Waals surface area (Å²) >= 11 is 0. The van der Waals surface area contributed by atoms with E-state index in [2.05, 4.69) is 0 Å². The normalized spacial score (nSPS) is 32.2. The summed E-state index contributed by atoms with van der Waals surface area (Å²) < 4.78 is 16.7. The Morgan fingerprint density at radius 1 is 1.37 bits per heavy atom. The van der Waals surface area contributed by atoms with E-state index in [-0.39, 0.29) is 30.7 Å². The number of fused-ring (bicyclic) bond motifs is 1. The summed E-state index contributed by atoms with van der Waals surface area (Å²) in [5.41, 5.74) is 0. The number of aliphatic hydroxyl groups is 1. The third-order valence-electron chi connectivity index (χ3n) is 3.10. The molecule has 1 N–H and O–H groups in total. The first-order valence-corrected chi connectivity index (χ1v) is 6.97. The van der Waals surface area contributed by atoms with Crippen molar-refractivity contribution in [2.75, 3.05) is 13.2 Å². The minimum Gasteiger partial charge on any atom is -0.394 e. The largest absolute Gasteiger partial charge is 0.394 e. The molecule has 2 rings (SSSR count). The molecule has 0 radical (unpaired) electrons. The number of rotatable bonds is 3. The molecule has 0 saturated carbocycles. The number of aliphatic hydroxyl groups excluding tert-OH is 1. The predicted molar refractivity (Wildman–Crippen MR) is 70.9 cm³/mol. The molecule has 5 nitrogen and oxygen atoms in total.